The Balaban J connectivity index is 1.70. The van der Waals surface area contributed by atoms with Crippen LogP contribution in [0.25, 0.3) is 17.0 Å². The van der Waals surface area contributed by atoms with Gasteiger partial charge in [-0.3, -0.25) is 9.48 Å². The van der Waals surface area contributed by atoms with E-state index in [-0.39, 0.29) is 23.5 Å². The van der Waals surface area contributed by atoms with Gasteiger partial charge in [-0.1, -0.05) is 0 Å². The number of hydrogen-bond acceptors (Lipinski definition) is 5. The molecular weight excluding hydrogens is 361 g/mol. The molecule has 0 aliphatic heterocycles. The minimum absolute atomic E-state index is 0.254. The Labute approximate surface area is 160 Å². The Kier molecular flexibility index (Phi) is 4.56. The first-order valence-corrected chi connectivity index (χ1v) is 8.86. The van der Waals surface area contributed by atoms with Gasteiger partial charge in [0.1, 0.15) is 17.8 Å². The number of nitrogens with one attached hydrogen (secondary N) is 1. The molecule has 3 heterocycles. The molecule has 0 saturated carbocycles. The summed E-state index contributed by atoms with van der Waals surface area (Å²) in [6.45, 7) is 4.59. The maximum absolute atomic E-state index is 13.2. The first kappa shape index (κ1) is 17.8. The molecule has 3 aromatic heterocycles. The lowest BCUT2D eigenvalue weighted by atomic mass is 10.1. The quantitative estimate of drug-likeness (QED) is 0.576. The third kappa shape index (κ3) is 3.22. The number of rotatable bonds is 5. The van der Waals surface area contributed by atoms with Crippen molar-refractivity contribution < 1.29 is 9.18 Å². The lowest BCUT2D eigenvalue weighted by molar-refractivity contribution is 0.0930. The number of amides is 1. The Morgan fingerprint density at radius 3 is 2.75 bits per heavy atom. The number of halogens is 1. The van der Waals surface area contributed by atoms with Gasteiger partial charge in [0.2, 0.25) is 0 Å². The Morgan fingerprint density at radius 2 is 2.00 bits per heavy atom. The van der Waals surface area contributed by atoms with Gasteiger partial charge in [0.15, 0.2) is 0 Å². The van der Waals surface area contributed by atoms with Crippen molar-refractivity contribution in [1.82, 2.24) is 34.7 Å². The van der Waals surface area contributed by atoms with E-state index in [4.69, 9.17) is 0 Å². The van der Waals surface area contributed by atoms with Gasteiger partial charge in [-0.15, -0.1) is 0 Å². The lowest BCUT2D eigenvalue weighted by Crippen LogP contribution is -2.30. The Bertz CT molecular complexity index is 1130. The summed E-state index contributed by atoms with van der Waals surface area (Å²) in [5.41, 5.74) is 2.38. The number of benzene rings is 1. The van der Waals surface area contributed by atoms with E-state index in [2.05, 4.69) is 25.5 Å². The summed E-state index contributed by atoms with van der Waals surface area (Å²) in [6.07, 6.45) is 3.04. The van der Waals surface area contributed by atoms with Crippen molar-refractivity contribution in [3.8, 4) is 11.3 Å². The SMILES string of the molecule is CCn1nccc1[C@@H](C)NC(=O)c1cc(-c2ccc(F)cc2)nc2ncnn12. The maximum Gasteiger partial charge on any atom is 0.270 e. The van der Waals surface area contributed by atoms with E-state index in [9.17, 15) is 9.18 Å². The molecule has 0 spiro atoms. The van der Waals surface area contributed by atoms with Gasteiger partial charge >= 0.3 is 0 Å². The molecule has 0 radical (unpaired) electrons. The second kappa shape index (κ2) is 7.18. The molecule has 0 aliphatic rings. The number of aryl methyl sites for hydroxylation is 1. The Morgan fingerprint density at radius 1 is 1.21 bits per heavy atom. The van der Waals surface area contributed by atoms with Crippen LogP contribution in [0.15, 0.2) is 48.9 Å². The number of fused-ring (bicyclic) bond motifs is 1. The summed E-state index contributed by atoms with van der Waals surface area (Å²) in [6, 6.07) is 9.14. The van der Waals surface area contributed by atoms with Gasteiger partial charge in [-0.25, -0.2) is 9.37 Å². The third-order valence-corrected chi connectivity index (χ3v) is 4.46. The normalized spacial score (nSPS) is 12.2. The summed E-state index contributed by atoms with van der Waals surface area (Å²) in [5.74, 6) is -0.373. The fourth-order valence-corrected chi connectivity index (χ4v) is 3.06. The fourth-order valence-electron chi connectivity index (χ4n) is 3.06. The molecule has 0 saturated heterocycles. The zero-order valence-electron chi connectivity index (χ0n) is 15.4. The highest BCUT2D eigenvalue weighted by Gasteiger charge is 2.19. The highest BCUT2D eigenvalue weighted by Crippen LogP contribution is 2.20. The van der Waals surface area contributed by atoms with Gasteiger partial charge in [0.25, 0.3) is 11.7 Å². The standard InChI is InChI=1S/C19H18FN7O/c1-3-26-16(8-9-22-26)12(2)24-18(28)17-10-15(13-4-6-14(20)7-5-13)25-19-21-11-23-27(17)19/h4-12H,3H2,1-2H3,(H,24,28)/t12-/m1/s1. The largest absolute Gasteiger partial charge is 0.343 e. The highest BCUT2D eigenvalue weighted by atomic mass is 19.1. The molecule has 1 N–H and O–H groups in total. The number of aromatic nitrogens is 6. The summed E-state index contributed by atoms with van der Waals surface area (Å²) in [7, 11) is 0. The van der Waals surface area contributed by atoms with E-state index in [0.717, 1.165) is 5.69 Å². The lowest BCUT2D eigenvalue weighted by Gasteiger charge is -2.16. The van der Waals surface area contributed by atoms with E-state index in [1.807, 2.05) is 24.6 Å². The van der Waals surface area contributed by atoms with Gasteiger partial charge in [0, 0.05) is 18.3 Å². The van der Waals surface area contributed by atoms with Crippen LogP contribution in [0.3, 0.4) is 0 Å². The third-order valence-electron chi connectivity index (χ3n) is 4.46. The molecule has 8 nitrogen and oxygen atoms in total. The van der Waals surface area contributed by atoms with Gasteiger partial charge in [-0.05, 0) is 50.2 Å². The van der Waals surface area contributed by atoms with E-state index in [1.54, 1.807) is 24.4 Å². The second-order valence-electron chi connectivity index (χ2n) is 6.27. The van der Waals surface area contributed by atoms with E-state index in [0.29, 0.717) is 23.6 Å². The zero-order valence-corrected chi connectivity index (χ0v) is 15.4. The van der Waals surface area contributed by atoms with Crippen molar-refractivity contribution in [3.63, 3.8) is 0 Å². The molecule has 4 rings (SSSR count). The topological polar surface area (TPSA) is 90.0 Å². The summed E-state index contributed by atoms with van der Waals surface area (Å²) >= 11 is 0. The predicted molar refractivity (Wildman–Crippen MR) is 100.0 cm³/mol. The van der Waals surface area contributed by atoms with Crippen LogP contribution in [0.5, 0.6) is 0 Å². The average molecular weight is 379 g/mol. The van der Waals surface area contributed by atoms with Gasteiger partial charge in [-0.2, -0.15) is 19.7 Å². The minimum atomic E-state index is -0.341. The zero-order chi connectivity index (χ0) is 19.7. The minimum Gasteiger partial charge on any atom is -0.343 e. The first-order valence-electron chi connectivity index (χ1n) is 8.86. The molecule has 4 aromatic rings. The van der Waals surface area contributed by atoms with Gasteiger partial charge in [0.05, 0.1) is 17.4 Å². The highest BCUT2D eigenvalue weighted by molar-refractivity contribution is 5.94. The molecule has 9 heteroatoms. The number of nitrogens with zero attached hydrogens (tertiary/aromatic N) is 6. The Hall–Kier alpha value is -3.62. The van der Waals surface area contributed by atoms with Crippen LogP contribution in [0.1, 0.15) is 36.1 Å². The van der Waals surface area contributed by atoms with Crippen molar-refractivity contribution in [1.29, 1.82) is 0 Å². The monoisotopic (exact) mass is 379 g/mol. The molecule has 0 aliphatic carbocycles. The first-order chi connectivity index (χ1) is 13.6. The van der Waals surface area contributed by atoms with Crippen molar-refractivity contribution in [2.75, 3.05) is 0 Å². The van der Waals surface area contributed by atoms with Gasteiger partial charge < -0.3 is 5.32 Å². The molecule has 1 amide bonds. The summed E-state index contributed by atoms with van der Waals surface area (Å²) < 4.78 is 16.4. The van der Waals surface area contributed by atoms with Crippen molar-refractivity contribution in [2.45, 2.75) is 26.4 Å². The molecule has 1 atom stereocenters. The number of hydrogen-bond donors (Lipinski definition) is 1. The van der Waals surface area contributed by atoms with Crippen LogP contribution in [0, 0.1) is 5.82 Å². The smallest absolute Gasteiger partial charge is 0.270 e. The number of carbonyl (C=O) groups is 1. The molecule has 28 heavy (non-hydrogen) atoms. The summed E-state index contributed by atoms with van der Waals surface area (Å²) in [4.78, 5) is 21.5. The number of carbonyl (C=O) groups excluding carboxylic acids is 1. The second-order valence-corrected chi connectivity index (χ2v) is 6.27. The molecule has 142 valence electrons. The van der Waals surface area contributed by atoms with Crippen molar-refractivity contribution in [2.24, 2.45) is 0 Å². The molecule has 0 unspecified atom stereocenters. The van der Waals surface area contributed by atoms with Crippen LogP contribution in [0.2, 0.25) is 0 Å². The molecule has 0 fully saturated rings. The molecular formula is C19H18FN7O. The van der Waals surface area contributed by atoms with E-state index < -0.39 is 0 Å². The molecule has 0 bridgehead atoms. The maximum atomic E-state index is 13.2. The van der Waals surface area contributed by atoms with Crippen LogP contribution in [-0.2, 0) is 6.54 Å². The summed E-state index contributed by atoms with van der Waals surface area (Å²) in [5, 5.41) is 11.3. The average Bonchev–Trinajstić information content (AvgIpc) is 3.36. The van der Waals surface area contributed by atoms with E-state index in [1.165, 1.54) is 23.0 Å². The van der Waals surface area contributed by atoms with Crippen LogP contribution < -0.4 is 5.32 Å². The fraction of sp³-hybridized carbons (Fsp3) is 0.211. The van der Waals surface area contributed by atoms with Crippen molar-refractivity contribution in [3.05, 3.63) is 66.1 Å². The van der Waals surface area contributed by atoms with Crippen LogP contribution in [-0.4, -0.2) is 35.3 Å². The predicted octanol–water partition coefficient (Wildman–Crippen LogP) is 2.64. The van der Waals surface area contributed by atoms with Crippen molar-refractivity contribution >= 4 is 11.7 Å². The van der Waals surface area contributed by atoms with Crippen LogP contribution >= 0.6 is 0 Å². The van der Waals surface area contributed by atoms with Crippen LogP contribution in [0.4, 0.5) is 4.39 Å². The van der Waals surface area contributed by atoms with E-state index >= 15 is 0 Å². The molecule has 1 aromatic carbocycles.